The minimum atomic E-state index is -1.61. The quantitative estimate of drug-likeness (QED) is 0.458. The van der Waals surface area contributed by atoms with Crippen molar-refractivity contribution in [3.63, 3.8) is 0 Å². The Labute approximate surface area is 217 Å². The van der Waals surface area contributed by atoms with Crippen LogP contribution in [0.1, 0.15) is 41.5 Å². The van der Waals surface area contributed by atoms with Crippen molar-refractivity contribution < 1.29 is 38.1 Å². The van der Waals surface area contributed by atoms with Gasteiger partial charge in [-0.15, -0.1) is 11.3 Å². The van der Waals surface area contributed by atoms with Crippen molar-refractivity contribution in [2.75, 3.05) is 6.61 Å². The molecule has 1 saturated heterocycles. The molecular formula is C28H27FO7S. The molecule has 1 aromatic heterocycles. The number of aryl methyl sites for hydroxylation is 1. The lowest BCUT2D eigenvalue weighted by atomic mass is 9.90. The molecule has 0 amide bonds. The monoisotopic (exact) mass is 526 g/mol. The molecule has 2 heterocycles. The number of hydrogen-bond acceptors (Lipinski definition) is 8. The van der Waals surface area contributed by atoms with E-state index in [1.807, 2.05) is 31.2 Å². The number of esters is 2. The molecule has 0 aliphatic carbocycles. The average molecular weight is 527 g/mol. The van der Waals surface area contributed by atoms with Crippen LogP contribution < -0.4 is 0 Å². The number of hydrogen-bond donors (Lipinski definition) is 1. The first kappa shape index (κ1) is 26.7. The molecule has 4 rings (SSSR count). The van der Waals surface area contributed by atoms with Crippen LogP contribution in [-0.4, -0.2) is 47.7 Å². The number of benzene rings is 2. The predicted molar refractivity (Wildman–Crippen MR) is 135 cm³/mol. The maximum atomic E-state index is 13.3. The molecule has 2 aromatic carbocycles. The van der Waals surface area contributed by atoms with Gasteiger partial charge in [-0.2, -0.15) is 0 Å². The molecule has 37 heavy (non-hydrogen) atoms. The lowest BCUT2D eigenvalue weighted by Crippen LogP contribution is -2.54. The highest BCUT2D eigenvalue weighted by Gasteiger charge is 2.47. The van der Waals surface area contributed by atoms with Gasteiger partial charge < -0.3 is 19.3 Å². The second-order valence-corrected chi connectivity index (χ2v) is 10.1. The zero-order valence-corrected chi connectivity index (χ0v) is 21.4. The predicted octanol–water partition coefficient (Wildman–Crippen LogP) is 4.32. The highest BCUT2D eigenvalue weighted by atomic mass is 32.1. The van der Waals surface area contributed by atoms with Crippen molar-refractivity contribution in [1.82, 2.24) is 0 Å². The van der Waals surface area contributed by atoms with Gasteiger partial charge in [-0.25, -0.2) is 4.39 Å². The lowest BCUT2D eigenvalue weighted by molar-refractivity contribution is -0.203. The molecule has 7 nitrogen and oxygen atoms in total. The van der Waals surface area contributed by atoms with Crippen LogP contribution in [0, 0.1) is 12.7 Å². The fourth-order valence-electron chi connectivity index (χ4n) is 4.21. The van der Waals surface area contributed by atoms with E-state index in [1.165, 1.54) is 26.0 Å². The zero-order chi connectivity index (χ0) is 26.7. The summed E-state index contributed by atoms with van der Waals surface area (Å²) in [6.07, 6.45) is -4.44. The van der Waals surface area contributed by atoms with Crippen LogP contribution >= 0.6 is 11.3 Å². The Balaban J connectivity index is 1.61. The second kappa shape index (κ2) is 11.3. The number of aliphatic hydroxyl groups is 1. The number of carbonyl (C=O) groups excluding carboxylic acids is 3. The number of Topliss-reactive ketones (excluding diaryl/α,β-unsaturated/α-hetero) is 1. The van der Waals surface area contributed by atoms with Gasteiger partial charge in [0.15, 0.2) is 6.10 Å². The van der Waals surface area contributed by atoms with Gasteiger partial charge in [-0.3, -0.25) is 14.4 Å². The number of aliphatic hydroxyl groups excluding tert-OH is 1. The van der Waals surface area contributed by atoms with Gasteiger partial charge in [0.2, 0.25) is 5.78 Å². The Morgan fingerprint density at radius 2 is 1.78 bits per heavy atom. The van der Waals surface area contributed by atoms with Crippen LogP contribution in [0.2, 0.25) is 0 Å². The summed E-state index contributed by atoms with van der Waals surface area (Å²) < 4.78 is 29.5. The van der Waals surface area contributed by atoms with E-state index >= 15 is 0 Å². The highest BCUT2D eigenvalue weighted by molar-refractivity contribution is 7.15. The van der Waals surface area contributed by atoms with Crippen molar-refractivity contribution in [3.05, 3.63) is 82.0 Å². The van der Waals surface area contributed by atoms with Gasteiger partial charge in [0.05, 0.1) is 0 Å². The molecular weight excluding hydrogens is 499 g/mol. The van der Waals surface area contributed by atoms with Crippen LogP contribution in [0.15, 0.2) is 54.6 Å². The van der Waals surface area contributed by atoms with Gasteiger partial charge in [0.25, 0.3) is 0 Å². The van der Waals surface area contributed by atoms with Crippen molar-refractivity contribution >= 4 is 29.1 Å². The van der Waals surface area contributed by atoms with E-state index in [2.05, 4.69) is 0 Å². The van der Waals surface area contributed by atoms with Crippen molar-refractivity contribution in [2.24, 2.45) is 0 Å². The molecule has 9 heteroatoms. The van der Waals surface area contributed by atoms with Crippen LogP contribution in [0.3, 0.4) is 0 Å². The maximum Gasteiger partial charge on any atom is 0.303 e. The topological polar surface area (TPSA) is 99.1 Å². The standard InChI is InChI=1S/C28H27FO7S/c1-15-4-5-19(12-20(15)13-22-10-11-24(37-22)18-6-8-21(29)9-7-18)27-28(35-17(3)31)26(33)25(32)23(36-27)14-34-16(2)30/h4-12,23,25,27-28,32H,13-14H2,1-3H3/t23-,25+,27+,28+/m1/s1. The molecule has 4 atom stereocenters. The summed E-state index contributed by atoms with van der Waals surface area (Å²) >= 11 is 1.60. The van der Waals surface area contributed by atoms with E-state index in [1.54, 1.807) is 29.5 Å². The smallest absolute Gasteiger partial charge is 0.303 e. The molecule has 3 aromatic rings. The third-order valence-electron chi connectivity index (χ3n) is 6.12. The third kappa shape index (κ3) is 6.30. The highest BCUT2D eigenvalue weighted by Crippen LogP contribution is 2.35. The van der Waals surface area contributed by atoms with E-state index < -0.39 is 42.1 Å². The second-order valence-electron chi connectivity index (χ2n) is 8.91. The zero-order valence-electron chi connectivity index (χ0n) is 20.6. The van der Waals surface area contributed by atoms with Crippen LogP contribution in [-0.2, 0) is 35.0 Å². The maximum absolute atomic E-state index is 13.3. The number of rotatable bonds is 7. The summed E-state index contributed by atoms with van der Waals surface area (Å²) in [7, 11) is 0. The van der Waals surface area contributed by atoms with Gasteiger partial charge in [-0.05, 0) is 53.4 Å². The Bertz CT molecular complexity index is 1300. The normalized spacial score (nSPS) is 21.5. The Morgan fingerprint density at radius 1 is 1.05 bits per heavy atom. The third-order valence-corrected chi connectivity index (χ3v) is 7.26. The van der Waals surface area contributed by atoms with E-state index in [9.17, 15) is 23.9 Å². The summed E-state index contributed by atoms with van der Waals surface area (Å²) in [5.41, 5.74) is 3.52. The molecule has 0 saturated carbocycles. The van der Waals surface area contributed by atoms with Crippen LogP contribution in [0.5, 0.6) is 0 Å². The number of ether oxygens (including phenoxy) is 3. The fraction of sp³-hybridized carbons (Fsp3) is 0.321. The molecule has 1 aliphatic heterocycles. The van der Waals surface area contributed by atoms with Gasteiger partial charge in [-0.1, -0.05) is 30.3 Å². The minimum absolute atomic E-state index is 0.286. The van der Waals surface area contributed by atoms with Gasteiger partial charge >= 0.3 is 11.9 Å². The first-order valence-electron chi connectivity index (χ1n) is 11.7. The number of carbonyl (C=O) groups is 3. The molecule has 194 valence electrons. The summed E-state index contributed by atoms with van der Waals surface area (Å²) in [6.45, 7) is 4.05. The average Bonchev–Trinajstić information content (AvgIpc) is 3.32. The number of thiophene rings is 1. The number of halogens is 1. The molecule has 1 N–H and O–H groups in total. The first-order chi connectivity index (χ1) is 17.6. The van der Waals surface area contributed by atoms with Gasteiger partial charge in [0, 0.05) is 30.0 Å². The molecule has 0 bridgehead atoms. The van der Waals surface area contributed by atoms with Crippen LogP contribution in [0.4, 0.5) is 4.39 Å². The van der Waals surface area contributed by atoms with E-state index in [-0.39, 0.29) is 12.4 Å². The van der Waals surface area contributed by atoms with Crippen LogP contribution in [0.25, 0.3) is 10.4 Å². The largest absolute Gasteiger partial charge is 0.463 e. The summed E-state index contributed by atoms with van der Waals surface area (Å²) in [5, 5.41) is 10.4. The molecule has 0 unspecified atom stereocenters. The molecule has 1 fully saturated rings. The Morgan fingerprint density at radius 3 is 2.46 bits per heavy atom. The lowest BCUT2D eigenvalue weighted by Gasteiger charge is -2.37. The van der Waals surface area contributed by atoms with Crippen molar-refractivity contribution in [2.45, 2.75) is 51.6 Å². The fourth-order valence-corrected chi connectivity index (χ4v) is 5.24. The molecule has 0 radical (unpaired) electrons. The molecule has 1 aliphatic rings. The summed E-state index contributed by atoms with van der Waals surface area (Å²) in [6, 6.07) is 15.9. The Kier molecular flexibility index (Phi) is 8.16. The van der Waals surface area contributed by atoms with E-state index in [0.717, 1.165) is 26.4 Å². The SMILES string of the molecule is CC(=O)OC[C@H]1O[C@@H](c2ccc(C)c(Cc3ccc(-c4ccc(F)cc4)s3)c2)[C@@H](OC(C)=O)C(=O)[C@H]1O. The first-order valence-corrected chi connectivity index (χ1v) is 12.6. The number of ketones is 1. The molecule has 0 spiro atoms. The minimum Gasteiger partial charge on any atom is -0.463 e. The van der Waals surface area contributed by atoms with E-state index in [0.29, 0.717) is 12.0 Å². The Hall–Kier alpha value is -3.40. The summed E-state index contributed by atoms with van der Waals surface area (Å²) in [5.74, 6) is -2.26. The van der Waals surface area contributed by atoms with Crippen molar-refractivity contribution in [1.29, 1.82) is 0 Å². The van der Waals surface area contributed by atoms with E-state index in [4.69, 9.17) is 14.2 Å². The van der Waals surface area contributed by atoms with Gasteiger partial charge in [0.1, 0.15) is 30.7 Å². The van der Waals surface area contributed by atoms with Crippen molar-refractivity contribution in [3.8, 4) is 10.4 Å². The summed E-state index contributed by atoms with van der Waals surface area (Å²) in [4.78, 5) is 38.0.